The Hall–Kier alpha value is -1.45. The van der Waals surface area contributed by atoms with Gasteiger partial charge in [-0.1, -0.05) is 20.8 Å². The molecule has 0 saturated carbocycles. The third kappa shape index (κ3) is 1.89. The molecule has 4 nitrogen and oxygen atoms in total. The fraction of sp³-hybridized carbons (Fsp3) is 0.500. The molecule has 0 N–H and O–H groups in total. The highest BCUT2D eigenvalue weighted by atomic mass is 16.6. The average molecular weight is 194 g/mol. The Balaban J connectivity index is 3.27. The van der Waals surface area contributed by atoms with Crippen molar-refractivity contribution in [1.82, 2.24) is 4.98 Å². The van der Waals surface area contributed by atoms with Gasteiger partial charge in [-0.05, 0) is 12.5 Å². The zero-order valence-corrected chi connectivity index (χ0v) is 8.65. The van der Waals surface area contributed by atoms with Crippen molar-refractivity contribution < 1.29 is 4.92 Å². The van der Waals surface area contributed by atoms with Crippen LogP contribution in [0.4, 0.5) is 5.69 Å². The lowest BCUT2D eigenvalue weighted by Gasteiger charge is -2.21. The van der Waals surface area contributed by atoms with Crippen LogP contribution in [0.2, 0.25) is 0 Å². The van der Waals surface area contributed by atoms with Gasteiger partial charge in [0.25, 0.3) is 5.69 Å². The van der Waals surface area contributed by atoms with Crippen molar-refractivity contribution >= 4 is 5.69 Å². The number of rotatable bonds is 3. The summed E-state index contributed by atoms with van der Waals surface area (Å²) in [5.41, 5.74) is 0.427. The summed E-state index contributed by atoms with van der Waals surface area (Å²) in [7, 11) is 0. The lowest BCUT2D eigenvalue weighted by molar-refractivity contribution is -0.386. The van der Waals surface area contributed by atoms with Crippen molar-refractivity contribution in [3.8, 4) is 0 Å². The minimum absolute atomic E-state index is 0.111. The van der Waals surface area contributed by atoms with Gasteiger partial charge >= 0.3 is 0 Å². The van der Waals surface area contributed by atoms with E-state index in [0.717, 1.165) is 6.42 Å². The van der Waals surface area contributed by atoms with Crippen molar-refractivity contribution in [3.05, 3.63) is 34.1 Å². The fourth-order valence-corrected chi connectivity index (χ4v) is 1.23. The third-order valence-electron chi connectivity index (χ3n) is 2.51. The van der Waals surface area contributed by atoms with Crippen molar-refractivity contribution in [2.45, 2.75) is 32.6 Å². The van der Waals surface area contributed by atoms with E-state index in [-0.39, 0.29) is 16.0 Å². The van der Waals surface area contributed by atoms with Gasteiger partial charge in [-0.25, -0.2) is 0 Å². The molecule has 0 spiro atoms. The van der Waals surface area contributed by atoms with Gasteiger partial charge in [0.15, 0.2) is 0 Å². The summed E-state index contributed by atoms with van der Waals surface area (Å²) in [6, 6.07) is 3.09. The van der Waals surface area contributed by atoms with Gasteiger partial charge in [-0.2, -0.15) is 0 Å². The molecular formula is C10H14N2O2. The second-order valence-electron chi connectivity index (χ2n) is 3.87. The summed E-state index contributed by atoms with van der Waals surface area (Å²) in [5, 5.41) is 10.7. The normalized spacial score (nSPS) is 11.4. The highest BCUT2D eigenvalue weighted by molar-refractivity contribution is 5.38. The smallest absolute Gasteiger partial charge is 0.258 e. The predicted molar refractivity (Wildman–Crippen MR) is 54.2 cm³/mol. The second kappa shape index (κ2) is 3.74. The van der Waals surface area contributed by atoms with Gasteiger partial charge in [-0.3, -0.25) is 15.1 Å². The molecule has 0 aliphatic heterocycles. The Morgan fingerprint density at radius 1 is 1.57 bits per heavy atom. The molecule has 1 aromatic rings. The molecule has 76 valence electrons. The lowest BCUT2D eigenvalue weighted by atomic mass is 9.85. The molecule has 0 unspecified atom stereocenters. The van der Waals surface area contributed by atoms with Crippen LogP contribution in [0.5, 0.6) is 0 Å². The summed E-state index contributed by atoms with van der Waals surface area (Å²) >= 11 is 0. The van der Waals surface area contributed by atoms with Crippen LogP contribution < -0.4 is 0 Å². The zero-order valence-electron chi connectivity index (χ0n) is 8.65. The van der Waals surface area contributed by atoms with Crippen LogP contribution in [-0.2, 0) is 5.41 Å². The van der Waals surface area contributed by atoms with E-state index in [9.17, 15) is 10.1 Å². The first-order valence-corrected chi connectivity index (χ1v) is 4.59. The van der Waals surface area contributed by atoms with E-state index < -0.39 is 0 Å². The second-order valence-corrected chi connectivity index (χ2v) is 3.87. The van der Waals surface area contributed by atoms with Crippen molar-refractivity contribution in [2.24, 2.45) is 0 Å². The Morgan fingerprint density at radius 2 is 2.21 bits per heavy atom. The molecule has 0 aliphatic carbocycles. The van der Waals surface area contributed by atoms with E-state index in [4.69, 9.17) is 0 Å². The molecule has 0 amide bonds. The SMILES string of the molecule is CCC(C)(C)c1ncccc1[N+](=O)[O-]. The molecule has 0 atom stereocenters. The van der Waals surface area contributed by atoms with Crippen LogP contribution in [0, 0.1) is 10.1 Å². The van der Waals surface area contributed by atoms with Crippen LogP contribution in [0.1, 0.15) is 32.9 Å². The molecule has 0 fully saturated rings. The Kier molecular flexibility index (Phi) is 2.84. The third-order valence-corrected chi connectivity index (χ3v) is 2.51. The Labute approximate surface area is 83.1 Å². The van der Waals surface area contributed by atoms with Gasteiger partial charge in [0.05, 0.1) is 4.92 Å². The summed E-state index contributed by atoms with van der Waals surface area (Å²) in [6.07, 6.45) is 2.42. The molecular weight excluding hydrogens is 180 g/mol. The monoisotopic (exact) mass is 194 g/mol. The van der Waals surface area contributed by atoms with E-state index in [2.05, 4.69) is 4.98 Å². The average Bonchev–Trinajstić information content (AvgIpc) is 2.18. The Bertz CT molecular complexity index is 348. The maximum Gasteiger partial charge on any atom is 0.291 e. The molecule has 0 radical (unpaired) electrons. The molecule has 14 heavy (non-hydrogen) atoms. The number of nitrogens with zero attached hydrogens (tertiary/aromatic N) is 2. The highest BCUT2D eigenvalue weighted by Gasteiger charge is 2.28. The minimum atomic E-state index is -0.375. The van der Waals surface area contributed by atoms with E-state index in [0.29, 0.717) is 5.69 Å². The standard InChI is InChI=1S/C10H14N2O2/c1-4-10(2,3)9-8(12(13)14)6-5-7-11-9/h5-7H,4H2,1-3H3. The largest absolute Gasteiger partial charge is 0.291 e. The van der Waals surface area contributed by atoms with Gasteiger partial charge in [0, 0.05) is 17.7 Å². The Morgan fingerprint density at radius 3 is 2.71 bits per heavy atom. The molecule has 0 bridgehead atoms. The van der Waals surface area contributed by atoms with Crippen LogP contribution in [0.3, 0.4) is 0 Å². The molecule has 4 heteroatoms. The number of aromatic nitrogens is 1. The maximum absolute atomic E-state index is 10.7. The van der Waals surface area contributed by atoms with E-state index in [1.165, 1.54) is 6.07 Å². The van der Waals surface area contributed by atoms with E-state index in [1.807, 2.05) is 20.8 Å². The predicted octanol–water partition coefficient (Wildman–Crippen LogP) is 2.68. The number of nitro groups is 1. The zero-order chi connectivity index (χ0) is 10.8. The quantitative estimate of drug-likeness (QED) is 0.549. The first kappa shape index (κ1) is 10.6. The topological polar surface area (TPSA) is 56.0 Å². The van der Waals surface area contributed by atoms with Gasteiger partial charge in [0.1, 0.15) is 5.69 Å². The van der Waals surface area contributed by atoms with Crippen LogP contribution in [0.15, 0.2) is 18.3 Å². The van der Waals surface area contributed by atoms with Crippen LogP contribution in [-0.4, -0.2) is 9.91 Å². The van der Waals surface area contributed by atoms with Crippen molar-refractivity contribution in [3.63, 3.8) is 0 Å². The first-order valence-electron chi connectivity index (χ1n) is 4.59. The van der Waals surface area contributed by atoms with Gasteiger partial charge in [0.2, 0.25) is 0 Å². The number of hydrogen-bond donors (Lipinski definition) is 0. The molecule has 0 saturated heterocycles. The minimum Gasteiger partial charge on any atom is -0.258 e. The summed E-state index contributed by atoms with van der Waals surface area (Å²) in [5.74, 6) is 0. The molecule has 1 rings (SSSR count). The van der Waals surface area contributed by atoms with E-state index >= 15 is 0 Å². The first-order chi connectivity index (χ1) is 6.49. The maximum atomic E-state index is 10.7. The lowest BCUT2D eigenvalue weighted by Crippen LogP contribution is -2.19. The van der Waals surface area contributed by atoms with Crippen molar-refractivity contribution in [1.29, 1.82) is 0 Å². The van der Waals surface area contributed by atoms with Crippen LogP contribution in [0.25, 0.3) is 0 Å². The summed E-state index contributed by atoms with van der Waals surface area (Å²) in [4.78, 5) is 14.5. The van der Waals surface area contributed by atoms with Crippen molar-refractivity contribution in [2.75, 3.05) is 0 Å². The summed E-state index contributed by atoms with van der Waals surface area (Å²) < 4.78 is 0. The van der Waals surface area contributed by atoms with Gasteiger partial charge < -0.3 is 0 Å². The number of hydrogen-bond acceptors (Lipinski definition) is 3. The van der Waals surface area contributed by atoms with Gasteiger partial charge in [-0.15, -0.1) is 0 Å². The molecule has 1 aromatic heterocycles. The van der Waals surface area contributed by atoms with E-state index in [1.54, 1.807) is 12.3 Å². The van der Waals surface area contributed by atoms with Crippen LogP contribution >= 0.6 is 0 Å². The molecule has 0 aromatic carbocycles. The fourth-order valence-electron chi connectivity index (χ4n) is 1.23. The molecule has 1 heterocycles. The molecule has 0 aliphatic rings. The number of pyridine rings is 1. The highest BCUT2D eigenvalue weighted by Crippen LogP contribution is 2.31. The summed E-state index contributed by atoms with van der Waals surface area (Å²) in [6.45, 7) is 5.92.